The summed E-state index contributed by atoms with van der Waals surface area (Å²) in [7, 11) is 0. The Morgan fingerprint density at radius 2 is 1.96 bits per heavy atom. The number of pyridine rings is 1. The Balaban J connectivity index is 1.63. The van der Waals surface area contributed by atoms with Crippen LogP contribution in [0.1, 0.15) is 15.4 Å². The van der Waals surface area contributed by atoms with E-state index in [4.69, 9.17) is 4.74 Å². The molecule has 0 aliphatic rings. The van der Waals surface area contributed by atoms with E-state index in [0.29, 0.717) is 21.3 Å². The number of ether oxygens (including phenoxy) is 1. The fourth-order valence-electron chi connectivity index (χ4n) is 2.13. The van der Waals surface area contributed by atoms with E-state index in [2.05, 4.69) is 15.3 Å². The maximum Gasteiger partial charge on any atom is 0.350 e. The molecule has 0 saturated carbocycles. The number of thiazole rings is 1. The third-order valence-corrected chi connectivity index (χ3v) is 4.51. The van der Waals surface area contributed by atoms with Crippen LogP contribution in [0.15, 0.2) is 48.7 Å². The number of benzene rings is 1. The third kappa shape index (κ3) is 4.09. The minimum Gasteiger partial charge on any atom is -0.451 e. The van der Waals surface area contributed by atoms with Crippen molar-refractivity contribution in [3.05, 3.63) is 65.0 Å². The van der Waals surface area contributed by atoms with Crippen LogP contribution in [0.4, 0.5) is 10.1 Å². The van der Waals surface area contributed by atoms with E-state index in [1.54, 1.807) is 31.3 Å². The lowest BCUT2D eigenvalue weighted by molar-refractivity contribution is -0.119. The third-order valence-electron chi connectivity index (χ3n) is 3.35. The van der Waals surface area contributed by atoms with Gasteiger partial charge in [-0.15, -0.1) is 11.3 Å². The van der Waals surface area contributed by atoms with E-state index in [1.165, 1.54) is 18.2 Å². The Morgan fingerprint density at radius 3 is 2.69 bits per heavy atom. The summed E-state index contributed by atoms with van der Waals surface area (Å²) in [6, 6.07) is 11.1. The van der Waals surface area contributed by atoms with Crippen molar-refractivity contribution in [2.24, 2.45) is 0 Å². The summed E-state index contributed by atoms with van der Waals surface area (Å²) < 4.78 is 18.5. The first kappa shape index (κ1) is 17.7. The quantitative estimate of drug-likeness (QED) is 0.695. The Kier molecular flexibility index (Phi) is 5.33. The lowest BCUT2D eigenvalue weighted by Gasteiger charge is -2.06. The smallest absolute Gasteiger partial charge is 0.350 e. The number of rotatable bonds is 5. The van der Waals surface area contributed by atoms with Crippen LogP contribution in [0, 0.1) is 12.7 Å². The number of carbonyl (C=O) groups is 2. The molecule has 0 aliphatic carbocycles. The number of hydrogen-bond acceptors (Lipinski definition) is 6. The lowest BCUT2D eigenvalue weighted by atomic mass is 10.3. The van der Waals surface area contributed by atoms with Crippen LogP contribution in [-0.2, 0) is 9.53 Å². The van der Waals surface area contributed by atoms with Gasteiger partial charge >= 0.3 is 5.97 Å². The molecule has 1 aromatic carbocycles. The van der Waals surface area contributed by atoms with Crippen molar-refractivity contribution in [2.45, 2.75) is 6.92 Å². The van der Waals surface area contributed by atoms with Gasteiger partial charge in [-0.25, -0.2) is 14.2 Å². The molecule has 3 rings (SSSR count). The van der Waals surface area contributed by atoms with Gasteiger partial charge in [0.15, 0.2) is 6.61 Å². The predicted octanol–water partition coefficient (Wildman–Crippen LogP) is 3.45. The van der Waals surface area contributed by atoms with Crippen molar-refractivity contribution in [1.29, 1.82) is 0 Å². The Morgan fingerprint density at radius 1 is 1.19 bits per heavy atom. The van der Waals surface area contributed by atoms with Gasteiger partial charge < -0.3 is 10.1 Å². The highest BCUT2D eigenvalue weighted by atomic mass is 32.1. The standard InChI is InChI=1S/C18H14FN3O3S/c1-11-16(26-17(21-11)14-8-4-5-9-20-14)18(24)25-10-15(23)22-13-7-3-2-6-12(13)19/h2-9H,10H2,1H3,(H,22,23). The summed E-state index contributed by atoms with van der Waals surface area (Å²) in [6.45, 7) is 1.16. The van der Waals surface area contributed by atoms with Gasteiger partial charge in [-0.05, 0) is 31.2 Å². The van der Waals surface area contributed by atoms with Crippen molar-refractivity contribution in [3.8, 4) is 10.7 Å². The molecule has 0 bridgehead atoms. The number of carbonyl (C=O) groups excluding carboxylic acids is 2. The largest absolute Gasteiger partial charge is 0.451 e. The summed E-state index contributed by atoms with van der Waals surface area (Å²) in [5.74, 6) is -1.85. The van der Waals surface area contributed by atoms with Crippen molar-refractivity contribution in [2.75, 3.05) is 11.9 Å². The molecule has 26 heavy (non-hydrogen) atoms. The monoisotopic (exact) mass is 371 g/mol. The summed E-state index contributed by atoms with van der Waals surface area (Å²) in [5, 5.41) is 2.94. The van der Waals surface area contributed by atoms with Gasteiger partial charge in [0.1, 0.15) is 15.7 Å². The average Bonchev–Trinajstić information content (AvgIpc) is 3.04. The Labute approximate surface area is 152 Å². The SMILES string of the molecule is Cc1nc(-c2ccccn2)sc1C(=O)OCC(=O)Nc1ccccc1F. The number of para-hydroxylation sites is 1. The van der Waals surface area contributed by atoms with E-state index in [9.17, 15) is 14.0 Å². The first-order valence-electron chi connectivity index (χ1n) is 7.65. The maximum atomic E-state index is 13.5. The molecule has 0 spiro atoms. The second kappa shape index (κ2) is 7.83. The molecule has 0 radical (unpaired) electrons. The van der Waals surface area contributed by atoms with Crippen molar-refractivity contribution < 1.29 is 18.7 Å². The maximum absolute atomic E-state index is 13.5. The second-order valence-corrected chi connectivity index (χ2v) is 6.25. The zero-order valence-electron chi connectivity index (χ0n) is 13.7. The van der Waals surface area contributed by atoms with Gasteiger partial charge in [-0.3, -0.25) is 9.78 Å². The van der Waals surface area contributed by atoms with Crippen LogP contribution in [0.2, 0.25) is 0 Å². The van der Waals surface area contributed by atoms with E-state index in [0.717, 1.165) is 11.3 Å². The zero-order valence-corrected chi connectivity index (χ0v) is 14.5. The van der Waals surface area contributed by atoms with Gasteiger partial charge in [-0.1, -0.05) is 18.2 Å². The Hall–Kier alpha value is -3.13. The summed E-state index contributed by atoms with van der Waals surface area (Å²) in [4.78, 5) is 32.8. The molecule has 6 nitrogen and oxygen atoms in total. The van der Waals surface area contributed by atoms with Crippen molar-refractivity contribution in [3.63, 3.8) is 0 Å². The number of esters is 1. The van der Waals surface area contributed by atoms with Crippen LogP contribution in [0.5, 0.6) is 0 Å². The zero-order chi connectivity index (χ0) is 18.5. The second-order valence-electron chi connectivity index (χ2n) is 5.25. The van der Waals surface area contributed by atoms with Crippen molar-refractivity contribution >= 4 is 28.9 Å². The fraction of sp³-hybridized carbons (Fsp3) is 0.111. The highest BCUT2D eigenvalue weighted by Crippen LogP contribution is 2.26. The van der Waals surface area contributed by atoms with Crippen molar-refractivity contribution in [1.82, 2.24) is 9.97 Å². The molecule has 0 saturated heterocycles. The average molecular weight is 371 g/mol. The fourth-order valence-corrected chi connectivity index (χ4v) is 3.07. The topological polar surface area (TPSA) is 81.2 Å². The first-order chi connectivity index (χ1) is 12.5. The molecule has 1 amide bonds. The summed E-state index contributed by atoms with van der Waals surface area (Å²) >= 11 is 1.14. The minimum atomic E-state index is -0.661. The first-order valence-corrected chi connectivity index (χ1v) is 8.46. The molecule has 0 atom stereocenters. The highest BCUT2D eigenvalue weighted by Gasteiger charge is 2.19. The van der Waals surface area contributed by atoms with E-state index < -0.39 is 24.3 Å². The number of nitrogens with zero attached hydrogens (tertiary/aromatic N) is 2. The number of aromatic nitrogens is 2. The normalized spacial score (nSPS) is 10.4. The van der Waals surface area contributed by atoms with Gasteiger partial charge in [0, 0.05) is 6.20 Å². The van der Waals surface area contributed by atoms with Gasteiger partial charge in [-0.2, -0.15) is 0 Å². The molecule has 3 aromatic rings. The molecule has 0 unspecified atom stereocenters. The number of anilines is 1. The van der Waals surface area contributed by atoms with Crippen LogP contribution >= 0.6 is 11.3 Å². The van der Waals surface area contributed by atoms with E-state index >= 15 is 0 Å². The number of nitrogens with one attached hydrogen (secondary N) is 1. The molecule has 8 heteroatoms. The van der Waals surface area contributed by atoms with Crippen LogP contribution < -0.4 is 5.32 Å². The van der Waals surface area contributed by atoms with E-state index in [1.807, 2.05) is 6.07 Å². The predicted molar refractivity (Wildman–Crippen MR) is 95.4 cm³/mol. The Bertz CT molecular complexity index is 944. The van der Waals surface area contributed by atoms with Gasteiger partial charge in [0.2, 0.25) is 0 Å². The minimum absolute atomic E-state index is 0.0277. The van der Waals surface area contributed by atoms with Gasteiger partial charge in [0.05, 0.1) is 17.1 Å². The molecule has 132 valence electrons. The molecular formula is C18H14FN3O3S. The number of aryl methyl sites for hydroxylation is 1. The highest BCUT2D eigenvalue weighted by molar-refractivity contribution is 7.17. The number of hydrogen-bond donors (Lipinski definition) is 1. The number of halogens is 1. The number of amides is 1. The summed E-state index contributed by atoms with van der Waals surface area (Å²) in [6.07, 6.45) is 1.64. The lowest BCUT2D eigenvalue weighted by Crippen LogP contribution is -2.21. The molecule has 2 aromatic heterocycles. The molecule has 0 aliphatic heterocycles. The van der Waals surface area contributed by atoms with Crippen LogP contribution in [0.25, 0.3) is 10.7 Å². The molecule has 0 fully saturated rings. The molecular weight excluding hydrogens is 357 g/mol. The summed E-state index contributed by atoms with van der Waals surface area (Å²) in [5.41, 5.74) is 1.17. The molecule has 1 N–H and O–H groups in total. The van der Waals surface area contributed by atoms with Crippen LogP contribution in [-0.4, -0.2) is 28.5 Å². The van der Waals surface area contributed by atoms with Crippen LogP contribution in [0.3, 0.4) is 0 Å². The molecule has 2 heterocycles. The van der Waals surface area contributed by atoms with E-state index in [-0.39, 0.29) is 5.69 Å². The van der Waals surface area contributed by atoms with Gasteiger partial charge in [0.25, 0.3) is 5.91 Å².